The number of likely N-dealkylation sites (tertiary alicyclic amines) is 1. The van der Waals surface area contributed by atoms with Gasteiger partial charge in [-0.2, -0.15) is 0 Å². The number of nitrogens with one attached hydrogen (secondary N) is 1. The van der Waals surface area contributed by atoms with Crippen molar-refractivity contribution in [3.05, 3.63) is 23.9 Å². The molecular weight excluding hydrogens is 252 g/mol. The molecule has 0 radical (unpaired) electrons. The highest BCUT2D eigenvalue weighted by molar-refractivity contribution is 5.98. The van der Waals surface area contributed by atoms with Crippen LogP contribution < -0.4 is 5.32 Å². The topological polar surface area (TPSA) is 48.5 Å². The van der Waals surface area contributed by atoms with E-state index in [9.17, 15) is 4.79 Å². The molecule has 1 N–H and O–H groups in total. The predicted molar refractivity (Wildman–Crippen MR) is 81.0 cm³/mol. The first kappa shape index (κ1) is 14.8. The van der Waals surface area contributed by atoms with E-state index in [0.29, 0.717) is 11.4 Å². The fourth-order valence-corrected chi connectivity index (χ4v) is 2.49. The third-order valence-electron chi connectivity index (χ3n) is 3.68. The van der Waals surface area contributed by atoms with Crippen molar-refractivity contribution in [3.8, 4) is 0 Å². The Labute approximate surface area is 121 Å². The number of anilines is 1. The monoisotopic (exact) mass is 276 g/mol. The first-order valence-electron chi connectivity index (χ1n) is 7.39. The Morgan fingerprint density at radius 2 is 2.20 bits per heavy atom. The van der Waals surface area contributed by atoms with Crippen LogP contribution in [0.1, 0.15) is 30.1 Å². The number of amides is 1. The quantitative estimate of drug-likeness (QED) is 0.859. The van der Waals surface area contributed by atoms with Crippen LogP contribution in [0.5, 0.6) is 0 Å². The highest BCUT2D eigenvalue weighted by atomic mass is 16.2. The number of likely N-dealkylation sites (N-methyl/N-ethyl adjacent to an activating group) is 1. The van der Waals surface area contributed by atoms with Gasteiger partial charge in [-0.3, -0.25) is 4.79 Å². The SMILES string of the molecule is CCNc1ncccc1C(=O)N(C)CCN1CCCC1. The van der Waals surface area contributed by atoms with Crippen molar-refractivity contribution < 1.29 is 4.79 Å². The first-order valence-corrected chi connectivity index (χ1v) is 7.39. The lowest BCUT2D eigenvalue weighted by Crippen LogP contribution is -2.35. The Morgan fingerprint density at radius 3 is 2.90 bits per heavy atom. The average molecular weight is 276 g/mol. The van der Waals surface area contributed by atoms with Crippen molar-refractivity contribution in [2.24, 2.45) is 0 Å². The Bertz CT molecular complexity index is 443. The second-order valence-electron chi connectivity index (χ2n) is 5.21. The summed E-state index contributed by atoms with van der Waals surface area (Å²) in [6, 6.07) is 3.64. The van der Waals surface area contributed by atoms with Gasteiger partial charge in [0.1, 0.15) is 5.82 Å². The smallest absolute Gasteiger partial charge is 0.257 e. The van der Waals surface area contributed by atoms with Gasteiger partial charge in [0.15, 0.2) is 0 Å². The molecule has 1 aliphatic heterocycles. The summed E-state index contributed by atoms with van der Waals surface area (Å²) < 4.78 is 0. The van der Waals surface area contributed by atoms with Crippen LogP contribution in [0.15, 0.2) is 18.3 Å². The molecule has 0 atom stereocenters. The number of rotatable bonds is 6. The number of hydrogen-bond acceptors (Lipinski definition) is 4. The summed E-state index contributed by atoms with van der Waals surface area (Å²) in [4.78, 5) is 20.9. The van der Waals surface area contributed by atoms with Gasteiger partial charge in [0, 0.05) is 32.9 Å². The standard InChI is InChI=1S/C15H24N4O/c1-3-16-14-13(7-6-8-17-14)15(20)18(2)11-12-19-9-4-5-10-19/h6-8H,3-5,9-12H2,1-2H3,(H,16,17). The van der Waals surface area contributed by atoms with Gasteiger partial charge in [0.05, 0.1) is 5.56 Å². The van der Waals surface area contributed by atoms with Crippen LogP contribution >= 0.6 is 0 Å². The van der Waals surface area contributed by atoms with E-state index in [-0.39, 0.29) is 5.91 Å². The number of carbonyl (C=O) groups excluding carboxylic acids is 1. The van der Waals surface area contributed by atoms with Crippen LogP contribution in [-0.2, 0) is 0 Å². The van der Waals surface area contributed by atoms with Gasteiger partial charge in [-0.15, -0.1) is 0 Å². The molecular formula is C15H24N4O. The van der Waals surface area contributed by atoms with Gasteiger partial charge in [-0.05, 0) is 45.0 Å². The molecule has 5 nitrogen and oxygen atoms in total. The van der Waals surface area contributed by atoms with E-state index < -0.39 is 0 Å². The van der Waals surface area contributed by atoms with Gasteiger partial charge >= 0.3 is 0 Å². The van der Waals surface area contributed by atoms with Crippen LogP contribution in [0.2, 0.25) is 0 Å². The molecule has 1 aromatic rings. The molecule has 0 aliphatic carbocycles. The summed E-state index contributed by atoms with van der Waals surface area (Å²) in [6.07, 6.45) is 4.27. The number of hydrogen-bond donors (Lipinski definition) is 1. The molecule has 20 heavy (non-hydrogen) atoms. The summed E-state index contributed by atoms with van der Waals surface area (Å²) in [7, 11) is 1.86. The van der Waals surface area contributed by atoms with E-state index in [1.807, 2.05) is 26.1 Å². The zero-order valence-corrected chi connectivity index (χ0v) is 12.4. The predicted octanol–water partition coefficient (Wildman–Crippen LogP) is 1.68. The first-order chi connectivity index (χ1) is 9.72. The van der Waals surface area contributed by atoms with E-state index in [0.717, 1.165) is 32.7 Å². The van der Waals surface area contributed by atoms with Crippen molar-refractivity contribution in [1.29, 1.82) is 0 Å². The Kier molecular flexibility index (Phi) is 5.35. The minimum atomic E-state index is 0.0354. The summed E-state index contributed by atoms with van der Waals surface area (Å²) in [5, 5.41) is 3.14. The molecule has 0 saturated carbocycles. The number of carbonyl (C=O) groups is 1. The number of nitrogens with zero attached hydrogens (tertiary/aromatic N) is 3. The van der Waals surface area contributed by atoms with Crippen molar-refractivity contribution in [2.75, 3.05) is 45.1 Å². The largest absolute Gasteiger partial charge is 0.370 e. The van der Waals surface area contributed by atoms with Gasteiger partial charge in [0.25, 0.3) is 5.91 Å². The number of pyridine rings is 1. The van der Waals surface area contributed by atoms with Crippen LogP contribution in [-0.4, -0.2) is 60.5 Å². The van der Waals surface area contributed by atoms with Gasteiger partial charge in [0.2, 0.25) is 0 Å². The van der Waals surface area contributed by atoms with E-state index >= 15 is 0 Å². The van der Waals surface area contributed by atoms with Crippen LogP contribution in [0.4, 0.5) is 5.82 Å². The van der Waals surface area contributed by atoms with E-state index in [1.165, 1.54) is 12.8 Å². The molecule has 0 aromatic carbocycles. The summed E-state index contributed by atoms with van der Waals surface area (Å²) in [5.41, 5.74) is 0.651. The van der Waals surface area contributed by atoms with Crippen molar-refractivity contribution in [3.63, 3.8) is 0 Å². The highest BCUT2D eigenvalue weighted by Crippen LogP contribution is 2.14. The molecule has 2 rings (SSSR count). The lowest BCUT2D eigenvalue weighted by molar-refractivity contribution is 0.0783. The van der Waals surface area contributed by atoms with Gasteiger partial charge in [-0.25, -0.2) is 4.98 Å². The minimum Gasteiger partial charge on any atom is -0.370 e. The Hall–Kier alpha value is -1.62. The molecule has 2 heterocycles. The zero-order valence-electron chi connectivity index (χ0n) is 12.4. The van der Waals surface area contributed by atoms with Crippen LogP contribution in [0.25, 0.3) is 0 Å². The van der Waals surface area contributed by atoms with E-state index in [4.69, 9.17) is 0 Å². The lowest BCUT2D eigenvalue weighted by atomic mass is 10.2. The third kappa shape index (κ3) is 3.70. The van der Waals surface area contributed by atoms with Gasteiger partial charge in [-0.1, -0.05) is 0 Å². The number of aromatic nitrogens is 1. The lowest BCUT2D eigenvalue weighted by Gasteiger charge is -2.22. The maximum Gasteiger partial charge on any atom is 0.257 e. The molecule has 1 aliphatic rings. The molecule has 0 unspecified atom stereocenters. The van der Waals surface area contributed by atoms with Crippen LogP contribution in [0, 0.1) is 0 Å². The Morgan fingerprint density at radius 1 is 1.45 bits per heavy atom. The maximum absolute atomic E-state index is 12.5. The van der Waals surface area contributed by atoms with Crippen molar-refractivity contribution >= 4 is 11.7 Å². The highest BCUT2D eigenvalue weighted by Gasteiger charge is 2.18. The molecule has 1 saturated heterocycles. The summed E-state index contributed by atoms with van der Waals surface area (Å²) >= 11 is 0. The third-order valence-corrected chi connectivity index (χ3v) is 3.68. The van der Waals surface area contributed by atoms with Crippen LogP contribution in [0.3, 0.4) is 0 Å². The van der Waals surface area contributed by atoms with Crippen molar-refractivity contribution in [2.45, 2.75) is 19.8 Å². The minimum absolute atomic E-state index is 0.0354. The summed E-state index contributed by atoms with van der Waals surface area (Å²) in [5.74, 6) is 0.710. The van der Waals surface area contributed by atoms with E-state index in [1.54, 1.807) is 11.1 Å². The Balaban J connectivity index is 1.95. The molecule has 1 amide bonds. The normalized spacial score (nSPS) is 15.3. The summed E-state index contributed by atoms with van der Waals surface area (Å²) in [6.45, 7) is 6.81. The molecule has 0 spiro atoms. The molecule has 1 fully saturated rings. The second-order valence-corrected chi connectivity index (χ2v) is 5.21. The fraction of sp³-hybridized carbons (Fsp3) is 0.600. The average Bonchev–Trinajstić information content (AvgIpc) is 2.98. The van der Waals surface area contributed by atoms with Crippen molar-refractivity contribution in [1.82, 2.24) is 14.8 Å². The van der Waals surface area contributed by atoms with Gasteiger partial charge < -0.3 is 15.1 Å². The van der Waals surface area contributed by atoms with E-state index in [2.05, 4.69) is 15.2 Å². The zero-order chi connectivity index (χ0) is 14.4. The molecule has 0 bridgehead atoms. The maximum atomic E-state index is 12.5. The second kappa shape index (κ2) is 7.24. The molecule has 110 valence electrons. The molecule has 1 aromatic heterocycles. The fourth-order valence-electron chi connectivity index (χ4n) is 2.49. The molecule has 5 heteroatoms.